The Morgan fingerprint density at radius 3 is 2.63 bits per heavy atom. The van der Waals surface area contributed by atoms with Crippen LogP contribution in [0.15, 0.2) is 53.5 Å². The molecule has 2 aromatic carbocycles. The van der Waals surface area contributed by atoms with E-state index in [0.29, 0.717) is 43.8 Å². The summed E-state index contributed by atoms with van der Waals surface area (Å²) in [7, 11) is 0.739. The molecule has 0 aliphatic rings. The maximum atomic E-state index is 12.3. The number of aliphatic imine (C=N–C) groups is 1. The molecule has 7 heteroatoms. The highest BCUT2D eigenvalue weighted by molar-refractivity contribution is 7.84. The third-order valence-electron chi connectivity index (χ3n) is 4.31. The van der Waals surface area contributed by atoms with Gasteiger partial charge in [-0.1, -0.05) is 42.5 Å². The third kappa shape index (κ3) is 8.97. The van der Waals surface area contributed by atoms with Crippen LogP contribution in [0, 0.1) is 6.92 Å². The Morgan fingerprint density at radius 2 is 1.90 bits per heavy atom. The lowest BCUT2D eigenvalue weighted by atomic mass is 10.1. The number of aryl methyl sites for hydroxylation is 1. The molecule has 2 N–H and O–H groups in total. The topological polar surface area (TPSA) is 72.0 Å². The van der Waals surface area contributed by atoms with Crippen molar-refractivity contribution in [3.05, 3.63) is 65.2 Å². The summed E-state index contributed by atoms with van der Waals surface area (Å²) in [5, 5.41) is 6.51. The van der Waals surface area contributed by atoms with E-state index in [1.165, 1.54) is 0 Å². The first-order chi connectivity index (χ1) is 14.6. The van der Waals surface area contributed by atoms with E-state index in [9.17, 15) is 4.21 Å². The third-order valence-corrected chi connectivity index (χ3v) is 5.63. The average Bonchev–Trinajstić information content (AvgIpc) is 2.74. The summed E-state index contributed by atoms with van der Waals surface area (Å²) in [4.78, 5) is 4.67. The molecule has 30 heavy (non-hydrogen) atoms. The second-order valence-corrected chi connectivity index (χ2v) is 8.42. The Hall–Kier alpha value is -2.38. The van der Waals surface area contributed by atoms with Crippen LogP contribution in [0.3, 0.4) is 0 Å². The van der Waals surface area contributed by atoms with Crippen molar-refractivity contribution < 1.29 is 13.7 Å². The predicted molar refractivity (Wildman–Crippen MR) is 125 cm³/mol. The normalized spacial score (nSPS) is 12.4. The highest BCUT2D eigenvalue weighted by atomic mass is 32.2. The van der Waals surface area contributed by atoms with Crippen LogP contribution in [-0.2, 0) is 27.8 Å². The molecule has 1 atom stereocenters. The van der Waals surface area contributed by atoms with Crippen LogP contribution in [0.2, 0.25) is 0 Å². The molecule has 0 spiro atoms. The van der Waals surface area contributed by atoms with Gasteiger partial charge in [-0.25, -0.2) is 4.99 Å². The fourth-order valence-electron chi connectivity index (χ4n) is 2.78. The van der Waals surface area contributed by atoms with E-state index in [-0.39, 0.29) is 0 Å². The summed E-state index contributed by atoms with van der Waals surface area (Å²) >= 11 is 0. The van der Waals surface area contributed by atoms with Crippen molar-refractivity contribution >= 4 is 16.8 Å². The zero-order valence-electron chi connectivity index (χ0n) is 18.1. The molecule has 0 fully saturated rings. The SMILES string of the molecule is CCNC(=NCc1ccc(C)cc1OCCOC)NCCS(=O)Cc1ccccc1. The van der Waals surface area contributed by atoms with Crippen molar-refractivity contribution in [2.75, 3.05) is 39.2 Å². The van der Waals surface area contributed by atoms with E-state index in [4.69, 9.17) is 9.47 Å². The maximum Gasteiger partial charge on any atom is 0.191 e. The second-order valence-electron chi connectivity index (χ2n) is 6.85. The van der Waals surface area contributed by atoms with Crippen LogP contribution in [-0.4, -0.2) is 49.3 Å². The number of ether oxygens (including phenoxy) is 2. The van der Waals surface area contributed by atoms with Gasteiger partial charge in [0.1, 0.15) is 12.4 Å². The first-order valence-corrected chi connectivity index (χ1v) is 11.7. The minimum atomic E-state index is -0.920. The first kappa shape index (κ1) is 23.9. The fourth-order valence-corrected chi connectivity index (χ4v) is 3.82. The van der Waals surface area contributed by atoms with E-state index in [1.807, 2.05) is 56.3 Å². The van der Waals surface area contributed by atoms with Crippen LogP contribution >= 0.6 is 0 Å². The van der Waals surface area contributed by atoms with Gasteiger partial charge < -0.3 is 20.1 Å². The summed E-state index contributed by atoms with van der Waals surface area (Å²) in [6, 6.07) is 16.0. The number of hydrogen-bond donors (Lipinski definition) is 2. The van der Waals surface area contributed by atoms with Crippen molar-refractivity contribution in [2.24, 2.45) is 4.99 Å². The number of rotatable bonds is 12. The Kier molecular flexibility index (Phi) is 11.0. The van der Waals surface area contributed by atoms with Crippen LogP contribution in [0.1, 0.15) is 23.6 Å². The first-order valence-electron chi connectivity index (χ1n) is 10.2. The number of benzene rings is 2. The Morgan fingerprint density at radius 1 is 1.10 bits per heavy atom. The van der Waals surface area contributed by atoms with Crippen molar-refractivity contribution in [3.8, 4) is 5.75 Å². The predicted octanol–water partition coefficient (Wildman–Crippen LogP) is 3.02. The lowest BCUT2D eigenvalue weighted by molar-refractivity contribution is 0.146. The van der Waals surface area contributed by atoms with Crippen molar-refractivity contribution in [2.45, 2.75) is 26.1 Å². The highest BCUT2D eigenvalue weighted by Gasteiger charge is 2.06. The summed E-state index contributed by atoms with van der Waals surface area (Å²) in [6.45, 7) is 6.95. The molecule has 0 amide bonds. The lowest BCUT2D eigenvalue weighted by Gasteiger charge is -2.13. The Labute approximate surface area is 182 Å². The summed E-state index contributed by atoms with van der Waals surface area (Å²) in [6.07, 6.45) is 0. The zero-order chi connectivity index (χ0) is 21.6. The van der Waals surface area contributed by atoms with Crippen molar-refractivity contribution in [1.29, 1.82) is 0 Å². The van der Waals surface area contributed by atoms with Gasteiger partial charge in [0.2, 0.25) is 0 Å². The van der Waals surface area contributed by atoms with Crippen LogP contribution in [0.4, 0.5) is 0 Å². The maximum absolute atomic E-state index is 12.3. The van der Waals surface area contributed by atoms with Gasteiger partial charge in [0.15, 0.2) is 5.96 Å². The monoisotopic (exact) mass is 431 g/mol. The van der Waals surface area contributed by atoms with E-state index in [1.54, 1.807) is 7.11 Å². The molecule has 0 saturated heterocycles. The van der Waals surface area contributed by atoms with Gasteiger partial charge >= 0.3 is 0 Å². The average molecular weight is 432 g/mol. The number of hydrogen-bond acceptors (Lipinski definition) is 4. The fraction of sp³-hybridized carbons (Fsp3) is 0.435. The number of nitrogens with one attached hydrogen (secondary N) is 2. The summed E-state index contributed by atoms with van der Waals surface area (Å²) in [5.41, 5.74) is 3.25. The molecule has 1 unspecified atom stereocenters. The minimum Gasteiger partial charge on any atom is -0.491 e. The summed E-state index contributed by atoms with van der Waals surface area (Å²) in [5.74, 6) is 2.67. The number of guanidine groups is 1. The van der Waals surface area contributed by atoms with Crippen molar-refractivity contribution in [3.63, 3.8) is 0 Å². The molecule has 6 nitrogen and oxygen atoms in total. The second kappa shape index (κ2) is 13.8. The smallest absolute Gasteiger partial charge is 0.191 e. The van der Waals surface area contributed by atoms with E-state index in [2.05, 4.69) is 21.7 Å². The molecule has 0 aliphatic heterocycles. The molecule has 0 aliphatic carbocycles. The van der Waals surface area contributed by atoms with Crippen LogP contribution in [0.25, 0.3) is 0 Å². The standard InChI is InChI=1S/C23H33N3O3S/c1-4-24-23(25-12-15-30(27)18-20-8-6-5-7-9-20)26-17-21-11-10-19(2)16-22(21)29-14-13-28-3/h5-11,16H,4,12-15,17-18H2,1-3H3,(H2,24,25,26). The molecule has 164 valence electrons. The Bertz CT molecular complexity index is 813. The number of methoxy groups -OCH3 is 1. The molecule has 2 rings (SSSR count). The number of nitrogens with zero attached hydrogens (tertiary/aromatic N) is 1. The van der Waals surface area contributed by atoms with E-state index < -0.39 is 10.8 Å². The summed E-state index contributed by atoms with van der Waals surface area (Å²) < 4.78 is 23.2. The van der Waals surface area contributed by atoms with Gasteiger partial charge in [0.25, 0.3) is 0 Å². The van der Waals surface area contributed by atoms with Crippen molar-refractivity contribution in [1.82, 2.24) is 10.6 Å². The van der Waals surface area contributed by atoms with Gasteiger partial charge in [0, 0.05) is 48.1 Å². The molecular weight excluding hydrogens is 398 g/mol. The van der Waals surface area contributed by atoms with Gasteiger partial charge in [-0.05, 0) is 31.0 Å². The lowest BCUT2D eigenvalue weighted by Crippen LogP contribution is -2.39. The van der Waals surface area contributed by atoms with E-state index in [0.717, 1.165) is 29.0 Å². The molecule has 0 aromatic heterocycles. The highest BCUT2D eigenvalue weighted by Crippen LogP contribution is 2.21. The quantitative estimate of drug-likeness (QED) is 0.307. The zero-order valence-corrected chi connectivity index (χ0v) is 19.0. The van der Waals surface area contributed by atoms with Crippen LogP contribution < -0.4 is 15.4 Å². The minimum absolute atomic E-state index is 0.491. The van der Waals surface area contributed by atoms with Gasteiger partial charge in [0.05, 0.1) is 13.2 Å². The molecular formula is C23H33N3O3S. The molecule has 2 aromatic rings. The Balaban J connectivity index is 1.90. The molecule has 0 saturated carbocycles. The largest absolute Gasteiger partial charge is 0.491 e. The van der Waals surface area contributed by atoms with E-state index >= 15 is 0 Å². The molecule has 0 heterocycles. The van der Waals surface area contributed by atoms with Gasteiger partial charge in [-0.3, -0.25) is 4.21 Å². The van der Waals surface area contributed by atoms with Crippen LogP contribution in [0.5, 0.6) is 5.75 Å². The van der Waals surface area contributed by atoms with Gasteiger partial charge in [-0.2, -0.15) is 0 Å². The van der Waals surface area contributed by atoms with Gasteiger partial charge in [-0.15, -0.1) is 0 Å². The molecule has 0 radical (unpaired) electrons. The molecule has 0 bridgehead atoms.